The summed E-state index contributed by atoms with van der Waals surface area (Å²) < 4.78 is 32.7. The Labute approximate surface area is 242 Å². The molecule has 3 fully saturated rings. The molecule has 40 heavy (non-hydrogen) atoms. The van der Waals surface area contributed by atoms with Crippen LogP contribution in [0.2, 0.25) is 10.0 Å². The summed E-state index contributed by atoms with van der Waals surface area (Å²) in [5.41, 5.74) is 2.22. The Hall–Kier alpha value is -2.92. The zero-order valence-corrected chi connectivity index (χ0v) is 23.7. The van der Waals surface area contributed by atoms with Crippen LogP contribution in [0, 0.1) is 11.7 Å². The Morgan fingerprint density at radius 1 is 1.23 bits per heavy atom. The standard InChI is InChI=1S/C28H24Cl2FN3O5S/c1-37-16-8-18(29)23(19(30)9-16)24-17(26(39-33-24)12-2-3-12)11-38-21-7-15-4-14(21)10-34(15)28-32-25-20(31)5-13(27(35)36)6-22(25)40-28/h5-6,8-9,12,14-15,21H,2-4,7,10-11H2,1H3,(H,35,36)/t14-,15-,21+/m0/s1. The number of benzene rings is 2. The van der Waals surface area contributed by atoms with E-state index in [1.165, 1.54) is 17.4 Å². The second kappa shape index (κ2) is 9.87. The van der Waals surface area contributed by atoms with Crippen LogP contribution in [0.1, 0.15) is 53.3 Å². The number of nitrogens with zero attached hydrogens (tertiary/aromatic N) is 3. The van der Waals surface area contributed by atoms with Crippen molar-refractivity contribution in [2.24, 2.45) is 5.92 Å². The van der Waals surface area contributed by atoms with Gasteiger partial charge in [0.25, 0.3) is 0 Å². The Morgan fingerprint density at radius 3 is 2.65 bits per heavy atom. The fourth-order valence-corrected chi connectivity index (χ4v) is 7.72. The van der Waals surface area contributed by atoms with E-state index in [-0.39, 0.29) is 29.1 Å². The van der Waals surface area contributed by atoms with E-state index in [1.807, 2.05) is 0 Å². The first kappa shape index (κ1) is 26.0. The van der Waals surface area contributed by atoms with E-state index in [0.717, 1.165) is 49.6 Å². The third kappa shape index (κ3) is 4.41. The van der Waals surface area contributed by atoms with Gasteiger partial charge in [-0.3, -0.25) is 0 Å². The number of halogens is 3. The number of aromatic carboxylic acids is 1. The molecule has 3 atom stereocenters. The van der Waals surface area contributed by atoms with Crippen LogP contribution in [-0.4, -0.2) is 47.0 Å². The summed E-state index contributed by atoms with van der Waals surface area (Å²) in [5.74, 6) is 0.237. The number of ether oxygens (including phenoxy) is 2. The molecule has 3 aliphatic rings. The molecule has 2 aromatic carbocycles. The zero-order valence-electron chi connectivity index (χ0n) is 21.3. The summed E-state index contributed by atoms with van der Waals surface area (Å²) in [5, 5.41) is 15.2. The summed E-state index contributed by atoms with van der Waals surface area (Å²) >= 11 is 14.5. The number of carboxylic acids is 1. The summed E-state index contributed by atoms with van der Waals surface area (Å²) in [6.07, 6.45) is 3.90. The van der Waals surface area contributed by atoms with E-state index in [4.69, 9.17) is 37.2 Å². The molecule has 2 aromatic heterocycles. The molecule has 0 unspecified atom stereocenters. The van der Waals surface area contributed by atoms with Gasteiger partial charge in [0.05, 0.1) is 40.1 Å². The number of rotatable bonds is 8. The monoisotopic (exact) mass is 603 g/mol. The first-order chi connectivity index (χ1) is 19.3. The van der Waals surface area contributed by atoms with Gasteiger partial charge in [0.1, 0.15) is 22.7 Å². The maximum atomic E-state index is 14.5. The highest BCUT2D eigenvalue weighted by molar-refractivity contribution is 7.22. The third-order valence-corrected chi connectivity index (χ3v) is 9.74. The normalized spacial score (nSPS) is 22.0. The van der Waals surface area contributed by atoms with Crippen LogP contribution in [-0.2, 0) is 11.3 Å². The van der Waals surface area contributed by atoms with Gasteiger partial charge in [-0.15, -0.1) is 0 Å². The number of carbonyl (C=O) groups is 1. The van der Waals surface area contributed by atoms with E-state index < -0.39 is 11.8 Å². The molecule has 1 N–H and O–H groups in total. The number of piperidine rings is 1. The van der Waals surface area contributed by atoms with Gasteiger partial charge >= 0.3 is 5.97 Å². The number of anilines is 1. The molecule has 2 bridgehead atoms. The van der Waals surface area contributed by atoms with Crippen molar-refractivity contribution in [3.05, 3.63) is 57.0 Å². The lowest BCUT2D eigenvalue weighted by Gasteiger charge is -2.31. The molecule has 12 heteroatoms. The predicted molar refractivity (Wildman–Crippen MR) is 149 cm³/mol. The van der Waals surface area contributed by atoms with Gasteiger partial charge in [-0.2, -0.15) is 0 Å². The van der Waals surface area contributed by atoms with Gasteiger partial charge in [-0.25, -0.2) is 14.2 Å². The summed E-state index contributed by atoms with van der Waals surface area (Å²) in [6, 6.07) is 6.14. The van der Waals surface area contributed by atoms with Gasteiger partial charge in [0.15, 0.2) is 10.9 Å². The molecule has 1 saturated heterocycles. The fraction of sp³-hybridized carbons (Fsp3) is 0.393. The quantitative estimate of drug-likeness (QED) is 0.226. The van der Waals surface area contributed by atoms with Crippen LogP contribution in [0.3, 0.4) is 0 Å². The zero-order chi connectivity index (χ0) is 27.7. The molecule has 4 aromatic rings. The lowest BCUT2D eigenvalue weighted by molar-refractivity contribution is 0.0122. The molecule has 3 heterocycles. The Morgan fingerprint density at radius 2 is 2.00 bits per heavy atom. The van der Waals surface area contributed by atoms with Crippen molar-refractivity contribution in [1.29, 1.82) is 0 Å². The van der Waals surface area contributed by atoms with Crippen LogP contribution in [0.4, 0.5) is 9.52 Å². The van der Waals surface area contributed by atoms with Crippen molar-refractivity contribution in [3.8, 4) is 17.0 Å². The van der Waals surface area contributed by atoms with Crippen LogP contribution >= 0.6 is 34.5 Å². The molecular formula is C28H24Cl2FN3O5S. The topological polar surface area (TPSA) is 97.9 Å². The van der Waals surface area contributed by atoms with Crippen molar-refractivity contribution in [2.75, 3.05) is 18.6 Å². The van der Waals surface area contributed by atoms with Gasteiger partial charge in [-0.05, 0) is 49.9 Å². The van der Waals surface area contributed by atoms with Gasteiger partial charge in [-0.1, -0.05) is 39.7 Å². The number of carboxylic acid groups (broad SMARTS) is 1. The minimum atomic E-state index is -1.16. The van der Waals surface area contributed by atoms with E-state index >= 15 is 0 Å². The highest BCUT2D eigenvalue weighted by atomic mass is 35.5. The summed E-state index contributed by atoms with van der Waals surface area (Å²) in [4.78, 5) is 18.1. The molecular weight excluding hydrogens is 580 g/mol. The van der Waals surface area contributed by atoms with Crippen molar-refractivity contribution < 1.29 is 28.3 Å². The van der Waals surface area contributed by atoms with Gasteiger partial charge in [0, 0.05) is 35.5 Å². The molecule has 0 spiro atoms. The largest absolute Gasteiger partial charge is 0.497 e. The molecule has 208 valence electrons. The molecule has 7 rings (SSSR count). The maximum absolute atomic E-state index is 14.5. The molecule has 2 aliphatic carbocycles. The molecule has 1 aliphatic heterocycles. The second-order valence-electron chi connectivity index (χ2n) is 10.6. The fourth-order valence-electron chi connectivity index (χ4n) is 5.98. The first-order valence-corrected chi connectivity index (χ1v) is 14.6. The van der Waals surface area contributed by atoms with Crippen LogP contribution in [0.25, 0.3) is 21.5 Å². The van der Waals surface area contributed by atoms with Crippen molar-refractivity contribution in [1.82, 2.24) is 10.1 Å². The maximum Gasteiger partial charge on any atom is 0.335 e. The highest BCUT2D eigenvalue weighted by Gasteiger charge is 2.46. The summed E-state index contributed by atoms with van der Waals surface area (Å²) in [6.45, 7) is 1.08. The lowest BCUT2D eigenvalue weighted by Crippen LogP contribution is -2.38. The second-order valence-corrected chi connectivity index (χ2v) is 12.4. The summed E-state index contributed by atoms with van der Waals surface area (Å²) in [7, 11) is 1.56. The van der Waals surface area contributed by atoms with E-state index in [2.05, 4.69) is 15.0 Å². The average Bonchev–Trinajstić information content (AvgIpc) is 3.25. The molecule has 0 radical (unpaired) electrons. The van der Waals surface area contributed by atoms with Crippen molar-refractivity contribution in [2.45, 2.75) is 50.4 Å². The molecule has 0 amide bonds. The molecule has 2 saturated carbocycles. The Kier molecular flexibility index (Phi) is 6.42. The smallest absolute Gasteiger partial charge is 0.335 e. The first-order valence-electron chi connectivity index (χ1n) is 13.0. The van der Waals surface area contributed by atoms with Crippen LogP contribution in [0.15, 0.2) is 28.8 Å². The Balaban J connectivity index is 1.09. The van der Waals surface area contributed by atoms with Crippen molar-refractivity contribution >= 4 is 55.9 Å². The van der Waals surface area contributed by atoms with Crippen LogP contribution in [0.5, 0.6) is 5.75 Å². The number of aromatic nitrogens is 2. The van der Waals surface area contributed by atoms with Gasteiger partial charge < -0.3 is 24.0 Å². The lowest BCUT2D eigenvalue weighted by atomic mass is 10.0. The number of hydrogen-bond donors (Lipinski definition) is 1. The number of hydrogen-bond acceptors (Lipinski definition) is 8. The van der Waals surface area contributed by atoms with Gasteiger partial charge in [0.2, 0.25) is 0 Å². The van der Waals surface area contributed by atoms with E-state index in [0.29, 0.717) is 49.4 Å². The van der Waals surface area contributed by atoms with E-state index in [1.54, 1.807) is 19.2 Å². The SMILES string of the molecule is COc1cc(Cl)c(-c2noc(C3CC3)c2CO[C@@H]2C[C@@H]3C[C@H]2CN3c2nc3c(F)cc(C(=O)O)cc3s2)c(Cl)c1. The number of methoxy groups -OCH3 is 1. The third-order valence-electron chi connectivity index (χ3n) is 8.10. The minimum absolute atomic E-state index is 0.0441. The minimum Gasteiger partial charge on any atom is -0.497 e. The Bertz CT molecular complexity index is 1630. The van der Waals surface area contributed by atoms with E-state index in [9.17, 15) is 14.3 Å². The van der Waals surface area contributed by atoms with Crippen molar-refractivity contribution in [3.63, 3.8) is 0 Å². The average molecular weight is 604 g/mol. The number of fused-ring (bicyclic) bond motifs is 3. The van der Waals surface area contributed by atoms with Crippen LogP contribution < -0.4 is 9.64 Å². The predicted octanol–water partition coefficient (Wildman–Crippen LogP) is 7.17. The molecule has 8 nitrogen and oxygen atoms in total. The highest BCUT2D eigenvalue weighted by Crippen LogP contribution is 2.48. The number of thiazole rings is 1.